The Balaban J connectivity index is 1.81. The molecular weight excluding hydrogens is 212 g/mol. The molecule has 84 valence electrons. The van der Waals surface area contributed by atoms with Crippen molar-refractivity contribution in [2.24, 2.45) is 11.8 Å². The van der Waals surface area contributed by atoms with Crippen LogP contribution in [0.4, 0.5) is 0 Å². The maximum absolute atomic E-state index is 8.94. The van der Waals surface area contributed by atoms with Crippen LogP contribution in [-0.4, -0.2) is 14.6 Å². The normalized spacial score (nSPS) is 30.2. The highest BCUT2D eigenvalue weighted by Crippen LogP contribution is 2.57. The van der Waals surface area contributed by atoms with Gasteiger partial charge in [0, 0.05) is 12.1 Å². The number of hydrogen-bond donors (Lipinski definition) is 0. The van der Waals surface area contributed by atoms with Crippen LogP contribution in [0.25, 0.3) is 5.65 Å². The zero-order valence-corrected chi connectivity index (χ0v) is 9.37. The van der Waals surface area contributed by atoms with E-state index in [1.807, 2.05) is 16.7 Å². The third kappa shape index (κ3) is 1.29. The van der Waals surface area contributed by atoms with Crippen molar-refractivity contribution in [3.05, 3.63) is 29.7 Å². The molecule has 0 aromatic carbocycles. The summed E-state index contributed by atoms with van der Waals surface area (Å²) in [5.41, 5.74) is 1.52. The summed E-state index contributed by atoms with van der Waals surface area (Å²) in [6.07, 6.45) is 5.77. The Hall–Kier alpha value is -1.89. The molecule has 0 aliphatic heterocycles. The van der Waals surface area contributed by atoms with Gasteiger partial charge in [-0.1, -0.05) is 0 Å². The van der Waals surface area contributed by atoms with Gasteiger partial charge in [-0.3, -0.25) is 4.40 Å². The van der Waals surface area contributed by atoms with E-state index in [4.69, 9.17) is 5.26 Å². The van der Waals surface area contributed by atoms with Crippen molar-refractivity contribution in [1.82, 2.24) is 14.6 Å². The topological polar surface area (TPSA) is 54.0 Å². The lowest BCUT2D eigenvalue weighted by Crippen LogP contribution is -2.02. The lowest BCUT2D eigenvalue weighted by atomic mass is 10.0. The van der Waals surface area contributed by atoms with Crippen LogP contribution in [0, 0.1) is 23.2 Å². The molecule has 2 aromatic heterocycles. The van der Waals surface area contributed by atoms with Crippen molar-refractivity contribution in [3.8, 4) is 6.07 Å². The van der Waals surface area contributed by atoms with Crippen LogP contribution in [0.15, 0.2) is 18.3 Å². The number of aromatic nitrogens is 3. The van der Waals surface area contributed by atoms with E-state index < -0.39 is 0 Å². The van der Waals surface area contributed by atoms with Crippen molar-refractivity contribution in [2.75, 3.05) is 0 Å². The summed E-state index contributed by atoms with van der Waals surface area (Å²) >= 11 is 0. The van der Waals surface area contributed by atoms with Crippen LogP contribution in [0.2, 0.25) is 0 Å². The molecule has 0 saturated heterocycles. The van der Waals surface area contributed by atoms with E-state index in [-0.39, 0.29) is 0 Å². The molecule has 2 unspecified atom stereocenters. The van der Waals surface area contributed by atoms with E-state index in [1.54, 1.807) is 6.07 Å². The number of nitrogens with zero attached hydrogens (tertiary/aromatic N) is 4. The molecule has 0 amide bonds. The van der Waals surface area contributed by atoms with Crippen molar-refractivity contribution in [1.29, 1.82) is 5.26 Å². The van der Waals surface area contributed by atoms with Crippen LogP contribution in [0.5, 0.6) is 0 Å². The highest BCUT2D eigenvalue weighted by molar-refractivity contribution is 5.43. The van der Waals surface area contributed by atoms with Gasteiger partial charge in [0.15, 0.2) is 5.65 Å². The quantitative estimate of drug-likeness (QED) is 0.745. The highest BCUT2D eigenvalue weighted by atomic mass is 15.2. The second-order valence-electron chi connectivity index (χ2n) is 5.24. The summed E-state index contributed by atoms with van der Waals surface area (Å²) in [7, 11) is 0. The molecule has 17 heavy (non-hydrogen) atoms. The van der Waals surface area contributed by atoms with Crippen molar-refractivity contribution >= 4 is 5.65 Å². The largest absolute Gasteiger partial charge is 0.285 e. The van der Waals surface area contributed by atoms with Gasteiger partial charge in [0.1, 0.15) is 11.9 Å². The summed E-state index contributed by atoms with van der Waals surface area (Å²) in [6.45, 7) is 0. The molecule has 4 heteroatoms. The van der Waals surface area contributed by atoms with Crippen LogP contribution >= 0.6 is 0 Å². The number of hydrogen-bond acceptors (Lipinski definition) is 3. The van der Waals surface area contributed by atoms with Gasteiger partial charge in [-0.05, 0) is 43.2 Å². The van der Waals surface area contributed by atoms with E-state index in [9.17, 15) is 0 Å². The molecule has 4 rings (SSSR count). The fourth-order valence-electron chi connectivity index (χ4n) is 3.18. The van der Waals surface area contributed by atoms with Crippen molar-refractivity contribution in [3.63, 3.8) is 0 Å². The van der Waals surface area contributed by atoms with E-state index in [0.717, 1.165) is 23.3 Å². The minimum atomic E-state index is 0.544. The fraction of sp³-hybridized carbons (Fsp3) is 0.462. The van der Waals surface area contributed by atoms with Crippen LogP contribution < -0.4 is 0 Å². The maximum Gasteiger partial charge on any atom is 0.160 e. The minimum absolute atomic E-state index is 0.544. The molecular formula is C13H12N4. The summed E-state index contributed by atoms with van der Waals surface area (Å²) in [4.78, 5) is 0. The lowest BCUT2D eigenvalue weighted by molar-refractivity contribution is 0.584. The van der Waals surface area contributed by atoms with E-state index in [2.05, 4.69) is 16.3 Å². The zero-order chi connectivity index (χ0) is 11.4. The second kappa shape index (κ2) is 3.07. The first kappa shape index (κ1) is 9.17. The summed E-state index contributed by atoms with van der Waals surface area (Å²) in [6, 6.07) is 5.83. The first-order valence-corrected chi connectivity index (χ1v) is 6.10. The van der Waals surface area contributed by atoms with E-state index in [1.165, 1.54) is 19.3 Å². The monoisotopic (exact) mass is 224 g/mol. The Morgan fingerprint density at radius 3 is 2.76 bits per heavy atom. The number of rotatable bonds is 1. The van der Waals surface area contributed by atoms with E-state index in [0.29, 0.717) is 11.5 Å². The average molecular weight is 224 g/mol. The Kier molecular flexibility index (Phi) is 1.66. The van der Waals surface area contributed by atoms with Gasteiger partial charge in [-0.15, -0.1) is 10.2 Å². The third-order valence-corrected chi connectivity index (χ3v) is 4.17. The third-order valence-electron chi connectivity index (χ3n) is 4.17. The summed E-state index contributed by atoms with van der Waals surface area (Å²) in [5.74, 6) is 3.46. The van der Waals surface area contributed by atoms with Gasteiger partial charge in [0.05, 0.1) is 5.56 Å². The molecule has 0 bridgehead atoms. The second-order valence-corrected chi connectivity index (χ2v) is 5.24. The molecule has 2 aliphatic carbocycles. The Morgan fingerprint density at radius 2 is 2.00 bits per heavy atom. The number of fused-ring (bicyclic) bond motifs is 2. The molecule has 2 aromatic rings. The fourth-order valence-corrected chi connectivity index (χ4v) is 3.18. The molecule has 2 aliphatic rings. The predicted octanol–water partition coefficient (Wildman–Crippen LogP) is 2.11. The van der Waals surface area contributed by atoms with E-state index >= 15 is 0 Å². The predicted molar refractivity (Wildman–Crippen MR) is 61.3 cm³/mol. The van der Waals surface area contributed by atoms with Gasteiger partial charge in [0.2, 0.25) is 0 Å². The van der Waals surface area contributed by atoms with Gasteiger partial charge >= 0.3 is 0 Å². The lowest BCUT2D eigenvalue weighted by Gasteiger charge is -2.09. The molecule has 2 heterocycles. The maximum atomic E-state index is 8.94. The zero-order valence-electron chi connectivity index (χ0n) is 9.37. The summed E-state index contributed by atoms with van der Waals surface area (Å²) in [5, 5.41) is 17.4. The molecule has 0 N–H and O–H groups in total. The Morgan fingerprint density at radius 1 is 1.18 bits per heavy atom. The molecule has 2 atom stereocenters. The Bertz CT molecular complexity index is 626. The van der Waals surface area contributed by atoms with Crippen LogP contribution in [0.3, 0.4) is 0 Å². The van der Waals surface area contributed by atoms with Crippen molar-refractivity contribution < 1.29 is 0 Å². The minimum Gasteiger partial charge on any atom is -0.285 e. The summed E-state index contributed by atoms with van der Waals surface area (Å²) < 4.78 is 1.99. The molecule has 0 radical (unpaired) electrons. The molecule has 4 nitrogen and oxygen atoms in total. The average Bonchev–Trinajstić information content (AvgIpc) is 2.81. The molecule has 2 saturated carbocycles. The number of nitriles is 1. The first-order valence-electron chi connectivity index (χ1n) is 6.10. The molecule has 2 fully saturated rings. The molecule has 0 spiro atoms. The highest BCUT2D eigenvalue weighted by Gasteiger charge is 2.47. The van der Waals surface area contributed by atoms with Gasteiger partial charge in [-0.25, -0.2) is 0 Å². The Labute approximate surface area is 98.9 Å². The van der Waals surface area contributed by atoms with Crippen LogP contribution in [0.1, 0.15) is 36.6 Å². The SMILES string of the molecule is N#Cc1ccc2nnc(C3CC4CC4C3)n2c1. The first-order chi connectivity index (χ1) is 8.35. The van der Waals surface area contributed by atoms with Gasteiger partial charge in [-0.2, -0.15) is 5.26 Å². The van der Waals surface area contributed by atoms with Gasteiger partial charge in [0.25, 0.3) is 0 Å². The van der Waals surface area contributed by atoms with Gasteiger partial charge < -0.3 is 0 Å². The number of pyridine rings is 1. The van der Waals surface area contributed by atoms with Crippen molar-refractivity contribution in [2.45, 2.75) is 25.2 Å². The smallest absolute Gasteiger partial charge is 0.160 e. The standard InChI is InChI=1S/C13H12N4/c14-6-8-1-2-12-15-16-13(17(12)7-8)11-4-9-3-10(9)5-11/h1-2,7,9-11H,3-5H2. The van der Waals surface area contributed by atoms with Crippen LogP contribution in [-0.2, 0) is 0 Å².